The lowest BCUT2D eigenvalue weighted by Gasteiger charge is -2.11. The zero-order valence-corrected chi connectivity index (χ0v) is 16.2. The number of hydrogen-bond acceptors (Lipinski definition) is 3. The molecule has 0 spiro atoms. The summed E-state index contributed by atoms with van der Waals surface area (Å²) in [4.78, 5) is 13.1. The van der Waals surface area contributed by atoms with Crippen molar-refractivity contribution in [3.63, 3.8) is 0 Å². The standard InChI is InChI=1S/C16H14BrCl2NO2S/c1-23-12-4-2-10(3-5-12)8-20-15(21)9-22-16-13(17)6-11(18)7-14(16)19/h2-7H,8-9H2,1H3,(H,20,21). The van der Waals surface area contributed by atoms with Gasteiger partial charge in [-0.15, -0.1) is 11.8 Å². The van der Waals surface area contributed by atoms with Gasteiger partial charge in [-0.1, -0.05) is 35.3 Å². The fourth-order valence-corrected chi connectivity index (χ4v) is 3.58. The molecule has 122 valence electrons. The minimum atomic E-state index is -0.225. The van der Waals surface area contributed by atoms with Crippen LogP contribution in [0.15, 0.2) is 45.8 Å². The lowest BCUT2D eigenvalue weighted by Crippen LogP contribution is -2.28. The Balaban J connectivity index is 1.85. The Kier molecular flexibility index (Phi) is 7.09. The highest BCUT2D eigenvalue weighted by Gasteiger charge is 2.11. The minimum Gasteiger partial charge on any atom is -0.481 e. The van der Waals surface area contributed by atoms with Crippen molar-refractivity contribution in [2.45, 2.75) is 11.4 Å². The van der Waals surface area contributed by atoms with Gasteiger partial charge in [0.1, 0.15) is 0 Å². The molecule has 2 rings (SSSR count). The van der Waals surface area contributed by atoms with Crippen LogP contribution in [0.3, 0.4) is 0 Å². The van der Waals surface area contributed by atoms with Gasteiger partial charge in [0, 0.05) is 16.5 Å². The van der Waals surface area contributed by atoms with Crippen LogP contribution in [-0.2, 0) is 11.3 Å². The Morgan fingerprint density at radius 1 is 1.26 bits per heavy atom. The molecule has 0 aliphatic carbocycles. The maximum Gasteiger partial charge on any atom is 0.258 e. The topological polar surface area (TPSA) is 38.3 Å². The highest BCUT2D eigenvalue weighted by molar-refractivity contribution is 9.10. The highest BCUT2D eigenvalue weighted by atomic mass is 79.9. The molecule has 0 bridgehead atoms. The molecule has 0 aromatic heterocycles. The third kappa shape index (κ3) is 5.60. The van der Waals surface area contributed by atoms with Crippen LogP contribution in [0, 0.1) is 0 Å². The summed E-state index contributed by atoms with van der Waals surface area (Å²) >= 11 is 16.9. The molecule has 1 N–H and O–H groups in total. The molecule has 23 heavy (non-hydrogen) atoms. The Morgan fingerprint density at radius 2 is 1.96 bits per heavy atom. The van der Waals surface area contributed by atoms with E-state index in [4.69, 9.17) is 27.9 Å². The number of rotatable bonds is 6. The van der Waals surface area contributed by atoms with Crippen molar-refractivity contribution in [1.29, 1.82) is 0 Å². The Morgan fingerprint density at radius 3 is 2.57 bits per heavy atom. The first-order valence-corrected chi connectivity index (χ1v) is 9.44. The SMILES string of the molecule is CSc1ccc(CNC(=O)COc2c(Cl)cc(Cl)cc2Br)cc1. The summed E-state index contributed by atoms with van der Waals surface area (Å²) in [7, 11) is 0. The molecule has 0 heterocycles. The van der Waals surface area contributed by atoms with Crippen LogP contribution >= 0.6 is 50.9 Å². The first-order valence-electron chi connectivity index (χ1n) is 6.66. The molecular weight excluding hydrogens is 421 g/mol. The number of amides is 1. The van der Waals surface area contributed by atoms with E-state index in [1.807, 2.05) is 30.5 Å². The average Bonchev–Trinajstić information content (AvgIpc) is 2.52. The first-order chi connectivity index (χ1) is 11.0. The maximum absolute atomic E-state index is 11.9. The smallest absolute Gasteiger partial charge is 0.258 e. The van der Waals surface area contributed by atoms with Crippen LogP contribution in [0.25, 0.3) is 0 Å². The quantitative estimate of drug-likeness (QED) is 0.637. The van der Waals surface area contributed by atoms with Gasteiger partial charge in [-0.2, -0.15) is 0 Å². The summed E-state index contributed by atoms with van der Waals surface area (Å²) in [5.41, 5.74) is 1.03. The molecule has 7 heteroatoms. The maximum atomic E-state index is 11.9. The fraction of sp³-hybridized carbons (Fsp3) is 0.188. The predicted molar refractivity (Wildman–Crippen MR) is 99.7 cm³/mol. The van der Waals surface area contributed by atoms with E-state index < -0.39 is 0 Å². The monoisotopic (exact) mass is 433 g/mol. The fourth-order valence-electron chi connectivity index (χ4n) is 1.80. The largest absolute Gasteiger partial charge is 0.481 e. The summed E-state index contributed by atoms with van der Waals surface area (Å²) in [6.07, 6.45) is 2.02. The van der Waals surface area contributed by atoms with Gasteiger partial charge in [0.05, 0.1) is 9.50 Å². The lowest BCUT2D eigenvalue weighted by atomic mass is 10.2. The average molecular weight is 435 g/mol. The number of carbonyl (C=O) groups excluding carboxylic acids is 1. The van der Waals surface area contributed by atoms with E-state index in [0.717, 1.165) is 5.56 Å². The van der Waals surface area contributed by atoms with Gasteiger partial charge < -0.3 is 10.1 Å². The summed E-state index contributed by atoms with van der Waals surface area (Å²) in [5.74, 6) is 0.174. The number of ether oxygens (including phenoxy) is 1. The number of thioether (sulfide) groups is 1. The van der Waals surface area contributed by atoms with Crippen LogP contribution in [0.4, 0.5) is 0 Å². The second-order valence-electron chi connectivity index (χ2n) is 4.61. The number of halogens is 3. The van der Waals surface area contributed by atoms with Gasteiger partial charge in [0.25, 0.3) is 5.91 Å². The van der Waals surface area contributed by atoms with Crippen molar-refractivity contribution >= 4 is 56.8 Å². The molecule has 0 atom stereocenters. The van der Waals surface area contributed by atoms with Crippen LogP contribution in [0.2, 0.25) is 10.0 Å². The molecule has 0 aliphatic rings. The molecule has 2 aromatic carbocycles. The molecule has 3 nitrogen and oxygen atoms in total. The van der Waals surface area contributed by atoms with Crippen molar-refractivity contribution in [1.82, 2.24) is 5.32 Å². The van der Waals surface area contributed by atoms with E-state index in [2.05, 4.69) is 21.2 Å². The van der Waals surface area contributed by atoms with Crippen LogP contribution < -0.4 is 10.1 Å². The molecule has 2 aromatic rings. The predicted octanol–water partition coefficient (Wildman–Crippen LogP) is 5.17. The molecule has 0 saturated carbocycles. The van der Waals surface area contributed by atoms with Gasteiger partial charge in [-0.25, -0.2) is 0 Å². The van der Waals surface area contributed by atoms with E-state index in [1.165, 1.54) is 4.90 Å². The van der Waals surface area contributed by atoms with Crippen LogP contribution in [0.1, 0.15) is 5.56 Å². The minimum absolute atomic E-state index is 0.122. The van der Waals surface area contributed by atoms with Crippen LogP contribution in [0.5, 0.6) is 5.75 Å². The summed E-state index contributed by atoms with van der Waals surface area (Å²) in [5, 5.41) is 3.65. The van der Waals surface area contributed by atoms with E-state index in [1.54, 1.807) is 23.9 Å². The molecule has 0 saturated heterocycles. The normalized spacial score (nSPS) is 10.4. The third-order valence-corrected chi connectivity index (χ3v) is 4.79. The van der Waals surface area contributed by atoms with E-state index >= 15 is 0 Å². The van der Waals surface area contributed by atoms with E-state index in [-0.39, 0.29) is 12.5 Å². The lowest BCUT2D eigenvalue weighted by molar-refractivity contribution is -0.123. The number of carbonyl (C=O) groups is 1. The number of nitrogens with one attached hydrogen (secondary N) is 1. The molecule has 0 aliphatic heterocycles. The second-order valence-corrected chi connectivity index (χ2v) is 7.19. The zero-order chi connectivity index (χ0) is 16.8. The van der Waals surface area contributed by atoms with E-state index in [9.17, 15) is 4.79 Å². The molecule has 0 radical (unpaired) electrons. The van der Waals surface area contributed by atoms with Gasteiger partial charge in [0.2, 0.25) is 0 Å². The van der Waals surface area contributed by atoms with Crippen molar-refractivity contribution in [2.24, 2.45) is 0 Å². The van der Waals surface area contributed by atoms with Crippen molar-refractivity contribution in [2.75, 3.05) is 12.9 Å². The Labute approximate surface area is 157 Å². The van der Waals surface area contributed by atoms with Crippen LogP contribution in [-0.4, -0.2) is 18.8 Å². The zero-order valence-electron chi connectivity index (χ0n) is 12.2. The Bertz CT molecular complexity index is 672. The van der Waals surface area contributed by atoms with Gasteiger partial charge in [-0.3, -0.25) is 4.79 Å². The van der Waals surface area contributed by atoms with Crippen molar-refractivity contribution in [3.05, 3.63) is 56.5 Å². The summed E-state index contributed by atoms with van der Waals surface area (Å²) < 4.78 is 6.06. The van der Waals surface area contributed by atoms with Gasteiger partial charge >= 0.3 is 0 Å². The third-order valence-electron chi connectivity index (χ3n) is 2.96. The highest BCUT2D eigenvalue weighted by Crippen LogP contribution is 2.35. The van der Waals surface area contributed by atoms with Crippen molar-refractivity contribution < 1.29 is 9.53 Å². The van der Waals surface area contributed by atoms with Gasteiger partial charge in [-0.05, 0) is 52.0 Å². The molecular formula is C16H14BrCl2NO2S. The number of hydrogen-bond donors (Lipinski definition) is 1. The first kappa shape index (κ1) is 18.5. The number of benzene rings is 2. The second kappa shape index (κ2) is 8.83. The Hall–Kier alpha value is -0.880. The van der Waals surface area contributed by atoms with E-state index in [0.29, 0.717) is 26.8 Å². The molecule has 0 unspecified atom stereocenters. The summed E-state index contributed by atoms with van der Waals surface area (Å²) in [6.45, 7) is 0.329. The van der Waals surface area contributed by atoms with Gasteiger partial charge in [0.15, 0.2) is 12.4 Å². The molecule has 0 fully saturated rings. The molecule has 1 amide bonds. The van der Waals surface area contributed by atoms with Crippen molar-refractivity contribution in [3.8, 4) is 5.75 Å². The summed E-state index contributed by atoms with van der Waals surface area (Å²) in [6, 6.07) is 11.2.